The van der Waals surface area contributed by atoms with Crippen LogP contribution in [-0.2, 0) is 10.0 Å². The maximum Gasteiger partial charge on any atom is 0.213 e. The van der Waals surface area contributed by atoms with Crippen molar-refractivity contribution in [2.45, 2.75) is 45.2 Å². The van der Waals surface area contributed by atoms with Crippen molar-refractivity contribution < 1.29 is 8.42 Å². The molecule has 0 aromatic rings. The van der Waals surface area contributed by atoms with Crippen LogP contribution in [0, 0.1) is 23.7 Å². The van der Waals surface area contributed by atoms with Gasteiger partial charge >= 0.3 is 0 Å². The Labute approximate surface area is 110 Å². The average molecular weight is 272 g/mol. The van der Waals surface area contributed by atoms with Gasteiger partial charge in [-0.3, -0.25) is 0 Å². The molecule has 104 valence electrons. The summed E-state index contributed by atoms with van der Waals surface area (Å²) in [4.78, 5) is 0. The van der Waals surface area contributed by atoms with E-state index in [1.807, 2.05) is 13.8 Å². The summed E-state index contributed by atoms with van der Waals surface area (Å²) in [6, 6.07) is 0.622. The Bertz CT molecular complexity index is 405. The molecule has 0 spiro atoms. The van der Waals surface area contributed by atoms with Crippen LogP contribution in [0.1, 0.15) is 33.1 Å². The fraction of sp³-hybridized carbons (Fsp3) is 1.00. The zero-order valence-corrected chi connectivity index (χ0v) is 12.0. The van der Waals surface area contributed by atoms with E-state index >= 15 is 0 Å². The normalized spacial score (nSPS) is 41.4. The monoisotopic (exact) mass is 272 g/mol. The van der Waals surface area contributed by atoms with Crippen molar-refractivity contribution in [2.24, 2.45) is 23.7 Å². The standard InChI is InChI=1S/C13H24N2O2S/c1-8(2)14-5-6-18(16,17)15-13-11-9-3-4-10(7-9)12(11)13/h8-15H,3-7H2,1-2H3. The summed E-state index contributed by atoms with van der Waals surface area (Å²) in [5.41, 5.74) is 0. The maximum absolute atomic E-state index is 12.0. The molecule has 0 amide bonds. The lowest BCUT2D eigenvalue weighted by atomic mass is 10.0. The molecular weight excluding hydrogens is 248 g/mol. The second kappa shape index (κ2) is 4.46. The molecule has 18 heavy (non-hydrogen) atoms. The van der Waals surface area contributed by atoms with Gasteiger partial charge in [0.15, 0.2) is 0 Å². The van der Waals surface area contributed by atoms with Crippen molar-refractivity contribution in [1.82, 2.24) is 10.0 Å². The topological polar surface area (TPSA) is 58.2 Å². The minimum atomic E-state index is -3.09. The van der Waals surface area contributed by atoms with Crippen molar-refractivity contribution >= 4 is 10.0 Å². The van der Waals surface area contributed by atoms with Gasteiger partial charge in [-0.15, -0.1) is 0 Å². The van der Waals surface area contributed by atoms with Crippen LogP contribution < -0.4 is 10.0 Å². The Morgan fingerprint density at radius 1 is 1.17 bits per heavy atom. The summed E-state index contributed by atoms with van der Waals surface area (Å²) in [6.07, 6.45) is 4.03. The molecule has 0 saturated heterocycles. The Balaban J connectivity index is 1.49. The quantitative estimate of drug-likeness (QED) is 0.757. The molecule has 4 atom stereocenters. The molecule has 0 aromatic carbocycles. The molecule has 3 aliphatic rings. The lowest BCUT2D eigenvalue weighted by Gasteiger charge is -2.12. The Morgan fingerprint density at radius 3 is 2.33 bits per heavy atom. The first-order valence-corrected chi connectivity index (χ1v) is 8.86. The summed E-state index contributed by atoms with van der Waals surface area (Å²) in [6.45, 7) is 4.61. The lowest BCUT2D eigenvalue weighted by Crippen LogP contribution is -2.37. The summed E-state index contributed by atoms with van der Waals surface area (Å²) >= 11 is 0. The molecule has 3 aliphatic carbocycles. The van der Waals surface area contributed by atoms with Crippen LogP contribution in [0.25, 0.3) is 0 Å². The molecule has 2 bridgehead atoms. The van der Waals surface area contributed by atoms with Crippen LogP contribution in [-0.4, -0.2) is 32.8 Å². The number of rotatable bonds is 6. The predicted octanol–water partition coefficient (Wildman–Crippen LogP) is 0.948. The van der Waals surface area contributed by atoms with Crippen molar-refractivity contribution in [3.05, 3.63) is 0 Å². The SMILES string of the molecule is CC(C)NCCS(=O)(=O)NC1C2C3CCC(C3)C12. The molecule has 3 rings (SSSR count). The lowest BCUT2D eigenvalue weighted by molar-refractivity contribution is 0.456. The molecule has 0 aliphatic heterocycles. The molecule has 4 nitrogen and oxygen atoms in total. The van der Waals surface area contributed by atoms with Gasteiger partial charge in [0.05, 0.1) is 5.75 Å². The van der Waals surface area contributed by atoms with Gasteiger partial charge in [-0.1, -0.05) is 13.8 Å². The highest BCUT2D eigenvalue weighted by Crippen LogP contribution is 2.65. The van der Waals surface area contributed by atoms with E-state index in [1.54, 1.807) is 0 Å². The first-order valence-electron chi connectivity index (χ1n) is 7.21. The van der Waals surface area contributed by atoms with Gasteiger partial charge in [-0.2, -0.15) is 0 Å². The van der Waals surface area contributed by atoms with Crippen LogP contribution in [0.4, 0.5) is 0 Å². The van der Waals surface area contributed by atoms with E-state index in [4.69, 9.17) is 0 Å². The average Bonchev–Trinajstić information content (AvgIpc) is 2.70. The first kappa shape index (κ1) is 12.9. The van der Waals surface area contributed by atoms with Gasteiger partial charge in [0.1, 0.15) is 0 Å². The molecule has 0 heterocycles. The Hall–Kier alpha value is -0.130. The zero-order valence-electron chi connectivity index (χ0n) is 11.2. The summed E-state index contributed by atoms with van der Waals surface area (Å²) in [5.74, 6) is 3.20. The van der Waals surface area contributed by atoms with E-state index in [0.717, 1.165) is 11.8 Å². The Kier molecular flexibility index (Phi) is 3.19. The number of hydrogen-bond donors (Lipinski definition) is 2. The van der Waals surface area contributed by atoms with Crippen molar-refractivity contribution in [3.63, 3.8) is 0 Å². The summed E-state index contributed by atoms with van der Waals surface area (Å²) in [7, 11) is -3.09. The van der Waals surface area contributed by atoms with E-state index in [-0.39, 0.29) is 11.8 Å². The Morgan fingerprint density at radius 2 is 1.78 bits per heavy atom. The molecule has 2 N–H and O–H groups in total. The van der Waals surface area contributed by atoms with Gasteiger partial charge in [-0.05, 0) is 42.9 Å². The zero-order chi connectivity index (χ0) is 12.9. The van der Waals surface area contributed by atoms with E-state index in [9.17, 15) is 8.42 Å². The van der Waals surface area contributed by atoms with E-state index in [2.05, 4.69) is 10.0 Å². The molecule has 4 unspecified atom stereocenters. The van der Waals surface area contributed by atoms with Crippen LogP contribution in [0.2, 0.25) is 0 Å². The van der Waals surface area contributed by atoms with Gasteiger partial charge in [0.2, 0.25) is 10.0 Å². The van der Waals surface area contributed by atoms with Gasteiger partial charge < -0.3 is 5.32 Å². The number of fused-ring (bicyclic) bond motifs is 5. The summed E-state index contributed by atoms with van der Waals surface area (Å²) in [5, 5.41) is 3.16. The minimum Gasteiger partial charge on any atom is -0.313 e. The molecule has 3 saturated carbocycles. The van der Waals surface area contributed by atoms with Crippen molar-refractivity contribution in [1.29, 1.82) is 0 Å². The molecule has 0 aromatic heterocycles. The molecular formula is C13H24N2O2S. The second-order valence-electron chi connectivity index (χ2n) is 6.56. The van der Waals surface area contributed by atoms with Crippen LogP contribution in [0.15, 0.2) is 0 Å². The van der Waals surface area contributed by atoms with Crippen LogP contribution in [0.5, 0.6) is 0 Å². The first-order chi connectivity index (χ1) is 8.48. The highest BCUT2D eigenvalue weighted by atomic mass is 32.2. The molecule has 5 heteroatoms. The number of nitrogens with one attached hydrogen (secondary N) is 2. The highest BCUT2D eigenvalue weighted by molar-refractivity contribution is 7.89. The number of hydrogen-bond acceptors (Lipinski definition) is 3. The van der Waals surface area contributed by atoms with Crippen LogP contribution in [0.3, 0.4) is 0 Å². The third-order valence-electron chi connectivity index (χ3n) is 4.97. The van der Waals surface area contributed by atoms with E-state index in [1.165, 1.54) is 19.3 Å². The largest absolute Gasteiger partial charge is 0.313 e. The smallest absolute Gasteiger partial charge is 0.213 e. The third-order valence-corrected chi connectivity index (χ3v) is 6.35. The third kappa shape index (κ3) is 2.32. The van der Waals surface area contributed by atoms with Gasteiger partial charge in [-0.25, -0.2) is 13.1 Å². The van der Waals surface area contributed by atoms with Crippen LogP contribution >= 0.6 is 0 Å². The fourth-order valence-electron chi connectivity index (χ4n) is 4.23. The summed E-state index contributed by atoms with van der Waals surface area (Å²) < 4.78 is 26.9. The predicted molar refractivity (Wildman–Crippen MR) is 71.7 cm³/mol. The highest BCUT2D eigenvalue weighted by Gasteiger charge is 2.65. The van der Waals surface area contributed by atoms with Crippen molar-refractivity contribution in [3.8, 4) is 0 Å². The van der Waals surface area contributed by atoms with Gasteiger partial charge in [0, 0.05) is 18.6 Å². The number of sulfonamides is 1. The minimum absolute atomic E-state index is 0.205. The maximum atomic E-state index is 12.0. The molecule has 3 fully saturated rings. The van der Waals surface area contributed by atoms with Gasteiger partial charge in [0.25, 0.3) is 0 Å². The second-order valence-corrected chi connectivity index (χ2v) is 8.43. The van der Waals surface area contributed by atoms with E-state index < -0.39 is 10.0 Å². The molecule has 0 radical (unpaired) electrons. The van der Waals surface area contributed by atoms with Crippen molar-refractivity contribution in [2.75, 3.05) is 12.3 Å². The fourth-order valence-corrected chi connectivity index (χ4v) is 5.46. The van der Waals surface area contributed by atoms with E-state index in [0.29, 0.717) is 24.4 Å².